The van der Waals surface area contributed by atoms with Crippen LogP contribution in [0.1, 0.15) is 36.7 Å². The van der Waals surface area contributed by atoms with Crippen LogP contribution in [-0.4, -0.2) is 67.8 Å². The molecule has 0 aromatic heterocycles. The molecular weight excluding hydrogens is 488 g/mol. The van der Waals surface area contributed by atoms with Crippen molar-refractivity contribution in [2.75, 3.05) is 20.3 Å². The summed E-state index contributed by atoms with van der Waals surface area (Å²) >= 11 is 0. The fraction of sp³-hybridized carbons (Fsp3) is 0.393. The van der Waals surface area contributed by atoms with E-state index < -0.39 is 47.5 Å². The second-order valence-corrected chi connectivity index (χ2v) is 9.16. The van der Waals surface area contributed by atoms with Crippen LogP contribution in [0.3, 0.4) is 0 Å². The molecule has 0 aliphatic heterocycles. The molecule has 2 rings (SSSR count). The summed E-state index contributed by atoms with van der Waals surface area (Å²) in [5.41, 5.74) is 1.22. The van der Waals surface area contributed by atoms with E-state index in [1.54, 1.807) is 44.2 Å². The number of rotatable bonds is 14. The Kier molecular flexibility index (Phi) is 12.1. The molecule has 4 N–H and O–H groups in total. The van der Waals surface area contributed by atoms with Crippen LogP contribution >= 0.6 is 0 Å². The van der Waals surface area contributed by atoms with Crippen LogP contribution in [0.2, 0.25) is 0 Å². The van der Waals surface area contributed by atoms with Crippen molar-refractivity contribution in [2.45, 2.75) is 45.3 Å². The molecule has 0 fully saturated rings. The zero-order valence-corrected chi connectivity index (χ0v) is 22.2. The maximum absolute atomic E-state index is 13.2. The highest BCUT2D eigenvalue weighted by atomic mass is 16.5. The lowest BCUT2D eigenvalue weighted by molar-refractivity contribution is -0.141. The summed E-state index contributed by atoms with van der Waals surface area (Å²) in [7, 11) is 1.47. The minimum atomic E-state index is -1.08. The molecule has 204 valence electrons. The first kappa shape index (κ1) is 30.2. The van der Waals surface area contributed by atoms with Crippen molar-refractivity contribution in [3.8, 4) is 0 Å². The van der Waals surface area contributed by atoms with Gasteiger partial charge in [-0.1, -0.05) is 62.4 Å². The van der Waals surface area contributed by atoms with Gasteiger partial charge in [0.05, 0.1) is 12.6 Å². The van der Waals surface area contributed by atoms with Crippen molar-refractivity contribution in [2.24, 2.45) is 5.92 Å². The van der Waals surface area contributed by atoms with Crippen molar-refractivity contribution in [1.29, 1.82) is 0 Å². The molecule has 4 amide bonds. The number of benzene rings is 2. The van der Waals surface area contributed by atoms with Crippen LogP contribution in [0.5, 0.6) is 0 Å². The maximum atomic E-state index is 13.2. The van der Waals surface area contributed by atoms with Gasteiger partial charge in [-0.15, -0.1) is 0 Å². The number of nitrogens with one attached hydrogen (secondary N) is 4. The SMILES string of the molecule is COCCNC(=O)C(=O)[C@@H](NC(=O)C(C)NC(=O)[C@H](Cc1ccccc1)NC(=O)c1ccccc1)C(C)C. The molecule has 10 heteroatoms. The number of ketones is 1. The van der Waals surface area contributed by atoms with Crippen LogP contribution < -0.4 is 21.3 Å². The molecule has 3 atom stereocenters. The minimum Gasteiger partial charge on any atom is -0.383 e. The van der Waals surface area contributed by atoms with Gasteiger partial charge in [0.1, 0.15) is 12.1 Å². The lowest BCUT2D eigenvalue weighted by Crippen LogP contribution is -2.57. The molecule has 10 nitrogen and oxygen atoms in total. The Hall–Kier alpha value is -4.05. The van der Waals surface area contributed by atoms with Crippen LogP contribution in [0.15, 0.2) is 60.7 Å². The fourth-order valence-electron chi connectivity index (χ4n) is 3.58. The normalized spacial score (nSPS) is 13.1. The standard InChI is InChI=1S/C28H36N4O6/c1-18(2)23(24(33)28(37)29-15-16-38-4)32-25(34)19(3)30-27(36)22(17-20-11-7-5-8-12-20)31-26(35)21-13-9-6-10-14-21/h5-14,18-19,22-23H,15-17H2,1-4H3,(H,29,37)(H,30,36)(H,31,35)(H,32,34)/t19?,22-,23-/m0/s1. The van der Waals surface area contributed by atoms with Crippen LogP contribution in [0, 0.1) is 5.92 Å². The third-order valence-corrected chi connectivity index (χ3v) is 5.75. The van der Waals surface area contributed by atoms with Gasteiger partial charge in [0.15, 0.2) is 0 Å². The first-order chi connectivity index (χ1) is 18.1. The van der Waals surface area contributed by atoms with Gasteiger partial charge in [0.25, 0.3) is 11.8 Å². The second-order valence-electron chi connectivity index (χ2n) is 9.16. The zero-order chi connectivity index (χ0) is 28.1. The molecular formula is C28H36N4O6. The molecule has 0 heterocycles. The molecule has 0 bridgehead atoms. The highest BCUT2D eigenvalue weighted by Crippen LogP contribution is 2.07. The van der Waals surface area contributed by atoms with Gasteiger partial charge in [-0.2, -0.15) is 0 Å². The van der Waals surface area contributed by atoms with Crippen LogP contribution in [0.4, 0.5) is 0 Å². The summed E-state index contributed by atoms with van der Waals surface area (Å²) in [6.45, 7) is 5.26. The number of carbonyl (C=O) groups is 5. The number of carbonyl (C=O) groups excluding carboxylic acids is 5. The Morgan fingerprint density at radius 2 is 1.39 bits per heavy atom. The van der Waals surface area contributed by atoms with E-state index in [4.69, 9.17) is 4.74 Å². The molecule has 0 saturated carbocycles. The lowest BCUT2D eigenvalue weighted by Gasteiger charge is -2.25. The summed E-state index contributed by atoms with van der Waals surface area (Å²) in [4.78, 5) is 63.7. The topological polar surface area (TPSA) is 143 Å². The maximum Gasteiger partial charge on any atom is 0.289 e. The monoisotopic (exact) mass is 524 g/mol. The second kappa shape index (κ2) is 15.3. The van der Waals surface area contributed by atoms with Crippen molar-refractivity contribution in [3.63, 3.8) is 0 Å². The van der Waals surface area contributed by atoms with Gasteiger partial charge in [0, 0.05) is 25.6 Å². The van der Waals surface area contributed by atoms with E-state index in [1.165, 1.54) is 14.0 Å². The molecule has 2 aromatic rings. The largest absolute Gasteiger partial charge is 0.383 e. The quantitative estimate of drug-likeness (QED) is 0.215. The Balaban J connectivity index is 2.09. The summed E-state index contributed by atoms with van der Waals surface area (Å²) in [6.07, 6.45) is 0.203. The van der Waals surface area contributed by atoms with E-state index in [2.05, 4.69) is 21.3 Å². The number of Topliss-reactive ketones (excluding diaryl/α,β-unsaturated/α-hetero) is 1. The summed E-state index contributed by atoms with van der Waals surface area (Å²) in [6, 6.07) is 14.6. The average molecular weight is 525 g/mol. The molecule has 0 aliphatic carbocycles. The van der Waals surface area contributed by atoms with E-state index in [1.807, 2.05) is 30.3 Å². The predicted octanol–water partition coefficient (Wildman–Crippen LogP) is 1.00. The zero-order valence-electron chi connectivity index (χ0n) is 22.2. The van der Waals surface area contributed by atoms with Crippen LogP contribution in [0.25, 0.3) is 0 Å². The highest BCUT2D eigenvalue weighted by molar-refractivity contribution is 6.38. The van der Waals surface area contributed by atoms with Gasteiger partial charge >= 0.3 is 0 Å². The Labute approximate surface area is 222 Å². The number of amides is 4. The molecule has 2 aromatic carbocycles. The van der Waals surface area contributed by atoms with Crippen molar-refractivity contribution in [1.82, 2.24) is 21.3 Å². The molecule has 0 aliphatic rings. The molecule has 38 heavy (non-hydrogen) atoms. The summed E-state index contributed by atoms with van der Waals surface area (Å²) in [5.74, 6) is -3.62. The van der Waals surface area contributed by atoms with Gasteiger partial charge < -0.3 is 26.0 Å². The van der Waals surface area contributed by atoms with E-state index in [9.17, 15) is 24.0 Å². The Morgan fingerprint density at radius 3 is 1.97 bits per heavy atom. The number of hydrogen-bond donors (Lipinski definition) is 4. The minimum absolute atomic E-state index is 0.157. The Morgan fingerprint density at radius 1 is 0.789 bits per heavy atom. The third-order valence-electron chi connectivity index (χ3n) is 5.75. The fourth-order valence-corrected chi connectivity index (χ4v) is 3.58. The first-order valence-corrected chi connectivity index (χ1v) is 12.5. The van der Waals surface area contributed by atoms with Crippen molar-refractivity contribution < 1.29 is 28.7 Å². The van der Waals surface area contributed by atoms with E-state index in [-0.39, 0.29) is 25.5 Å². The Bertz CT molecular complexity index is 1090. The number of methoxy groups -OCH3 is 1. The van der Waals surface area contributed by atoms with E-state index >= 15 is 0 Å². The smallest absolute Gasteiger partial charge is 0.289 e. The van der Waals surface area contributed by atoms with Gasteiger partial charge in [-0.05, 0) is 30.5 Å². The van der Waals surface area contributed by atoms with Crippen molar-refractivity contribution >= 4 is 29.4 Å². The number of ether oxygens (including phenoxy) is 1. The average Bonchev–Trinajstić information content (AvgIpc) is 2.91. The summed E-state index contributed by atoms with van der Waals surface area (Å²) in [5, 5.41) is 10.4. The molecule has 0 radical (unpaired) electrons. The van der Waals surface area contributed by atoms with Gasteiger partial charge in [0.2, 0.25) is 17.6 Å². The van der Waals surface area contributed by atoms with Crippen LogP contribution in [-0.2, 0) is 30.3 Å². The molecule has 1 unspecified atom stereocenters. The van der Waals surface area contributed by atoms with E-state index in [0.717, 1.165) is 5.56 Å². The lowest BCUT2D eigenvalue weighted by atomic mass is 9.98. The predicted molar refractivity (Wildman–Crippen MR) is 142 cm³/mol. The highest BCUT2D eigenvalue weighted by Gasteiger charge is 2.32. The molecule has 0 saturated heterocycles. The number of hydrogen-bond acceptors (Lipinski definition) is 6. The van der Waals surface area contributed by atoms with E-state index in [0.29, 0.717) is 5.56 Å². The first-order valence-electron chi connectivity index (χ1n) is 12.5. The molecule has 0 spiro atoms. The third kappa shape index (κ3) is 9.44. The summed E-state index contributed by atoms with van der Waals surface area (Å²) < 4.78 is 4.86. The van der Waals surface area contributed by atoms with Crippen molar-refractivity contribution in [3.05, 3.63) is 71.8 Å². The van der Waals surface area contributed by atoms with Gasteiger partial charge in [-0.3, -0.25) is 24.0 Å². The van der Waals surface area contributed by atoms with Gasteiger partial charge in [-0.25, -0.2) is 0 Å².